The zero-order chi connectivity index (χ0) is 18.1. The molecule has 25 heavy (non-hydrogen) atoms. The zero-order valence-corrected chi connectivity index (χ0v) is 17.7. The van der Waals surface area contributed by atoms with Gasteiger partial charge in [-0.15, -0.1) is 0 Å². The van der Waals surface area contributed by atoms with E-state index in [1.54, 1.807) is 0 Å². The number of hydrogen-bond acceptors (Lipinski definition) is 10. The van der Waals surface area contributed by atoms with Crippen LogP contribution in [0.5, 0.6) is 0 Å². The van der Waals surface area contributed by atoms with Crippen molar-refractivity contribution < 1.29 is 72.1 Å². The van der Waals surface area contributed by atoms with Gasteiger partial charge in [0.15, 0.2) is 5.60 Å². The second-order valence-electron chi connectivity index (χ2n) is 3.87. The van der Waals surface area contributed by atoms with E-state index in [-0.39, 0.29) is 87.9 Å². The summed E-state index contributed by atoms with van der Waals surface area (Å²) in [5, 5.41) is 62.9. The van der Waals surface area contributed by atoms with Crippen molar-refractivity contribution in [1.82, 2.24) is 0 Å². The predicted molar refractivity (Wildman–Crippen MR) is 66.6 cm³/mol. The maximum Gasteiger partial charge on any atom is 2.00 e. The van der Waals surface area contributed by atoms with Crippen LogP contribution < -0.4 is 27.7 Å². The van der Waals surface area contributed by atoms with Gasteiger partial charge in [0.25, 0.3) is 0 Å². The number of carboxylic acids is 5. The molecular formula is C10H11Ca2ClO12. The molecule has 4 N–H and O–H groups in total. The van der Waals surface area contributed by atoms with Crippen molar-refractivity contribution in [1.29, 1.82) is 0 Å². The molecule has 2 atom stereocenters. The number of aliphatic hydroxyl groups excluding tert-OH is 1. The van der Waals surface area contributed by atoms with Crippen LogP contribution in [0.2, 0.25) is 0 Å². The second kappa shape index (κ2) is 17.5. The minimum Gasteiger partial charge on any atom is -1.00 e. The summed E-state index contributed by atoms with van der Waals surface area (Å²) in [7, 11) is 0. The van der Waals surface area contributed by atoms with Crippen LogP contribution in [0, 0.1) is 0 Å². The van der Waals surface area contributed by atoms with Crippen LogP contribution in [-0.2, 0) is 24.0 Å². The van der Waals surface area contributed by atoms with Crippen molar-refractivity contribution in [2.45, 2.75) is 31.0 Å². The van der Waals surface area contributed by atoms with Gasteiger partial charge in [0.2, 0.25) is 0 Å². The molecule has 0 aromatic carbocycles. The fourth-order valence-corrected chi connectivity index (χ4v) is 0.944. The Bertz CT molecular complexity index is 453. The molecule has 0 aromatic heterocycles. The van der Waals surface area contributed by atoms with Crippen molar-refractivity contribution in [2.24, 2.45) is 0 Å². The van der Waals surface area contributed by atoms with Crippen molar-refractivity contribution >= 4 is 105 Å². The van der Waals surface area contributed by atoms with E-state index < -0.39 is 60.8 Å². The fraction of sp³-hybridized carbons (Fsp3) is 0.500. The first-order chi connectivity index (χ1) is 9.81. The first-order valence-electron chi connectivity index (χ1n) is 5.28. The molecule has 0 fully saturated rings. The molecule has 0 spiro atoms. The summed E-state index contributed by atoms with van der Waals surface area (Å²) in [5.41, 5.74) is -2.80. The van der Waals surface area contributed by atoms with Gasteiger partial charge in [0.1, 0.15) is 0 Å². The van der Waals surface area contributed by atoms with Crippen molar-refractivity contribution in [3.8, 4) is 0 Å². The summed E-state index contributed by atoms with van der Waals surface area (Å²) in [5.74, 6) is -8.76. The van der Waals surface area contributed by atoms with Gasteiger partial charge in [-0.1, -0.05) is 0 Å². The molecule has 0 radical (unpaired) electrons. The van der Waals surface area contributed by atoms with E-state index in [1.165, 1.54) is 0 Å². The number of carbonyl (C=O) groups excluding carboxylic acids is 3. The summed E-state index contributed by atoms with van der Waals surface area (Å²) in [4.78, 5) is 49.5. The van der Waals surface area contributed by atoms with E-state index in [9.17, 15) is 39.3 Å². The Morgan fingerprint density at radius 2 is 1.28 bits per heavy atom. The summed E-state index contributed by atoms with van der Waals surface area (Å²) < 4.78 is 0. The summed E-state index contributed by atoms with van der Waals surface area (Å²) in [6.45, 7) is 0. The van der Waals surface area contributed by atoms with Gasteiger partial charge in [0.05, 0.1) is 18.5 Å². The molecule has 0 rings (SSSR count). The number of hydrogen-bond donors (Lipinski definition) is 4. The molecule has 0 aromatic rings. The molecule has 12 nitrogen and oxygen atoms in total. The van der Waals surface area contributed by atoms with Crippen LogP contribution in [0.15, 0.2) is 0 Å². The summed E-state index contributed by atoms with van der Waals surface area (Å²) in [6.07, 6.45) is -5.33. The van der Waals surface area contributed by atoms with Gasteiger partial charge < -0.3 is 62.5 Å². The SMILES string of the molecule is O=C([O-])CC(O)(CC(=O)O)C(=O)O.O=C([O-])CC(O)C(=O)[O-].[Ca+2].[Ca+2].[Cl-]. The third-order valence-electron chi connectivity index (χ3n) is 1.91. The van der Waals surface area contributed by atoms with Crippen molar-refractivity contribution in [2.75, 3.05) is 0 Å². The molecule has 2 unspecified atom stereocenters. The second-order valence-corrected chi connectivity index (χ2v) is 3.87. The van der Waals surface area contributed by atoms with Crippen LogP contribution in [0.3, 0.4) is 0 Å². The Labute approximate surface area is 206 Å². The molecule has 0 bridgehead atoms. The minimum absolute atomic E-state index is 0. The zero-order valence-electron chi connectivity index (χ0n) is 12.5. The van der Waals surface area contributed by atoms with Gasteiger partial charge in [0, 0.05) is 24.8 Å². The van der Waals surface area contributed by atoms with E-state index in [2.05, 4.69) is 0 Å². The largest absolute Gasteiger partial charge is 2.00 e. The van der Waals surface area contributed by atoms with Gasteiger partial charge in [-0.3, -0.25) is 4.79 Å². The van der Waals surface area contributed by atoms with Gasteiger partial charge in [-0.05, 0) is 0 Å². The number of rotatable bonds is 8. The molecule has 15 heteroatoms. The first kappa shape index (κ1) is 36.1. The third kappa shape index (κ3) is 20.2. The molecule has 0 amide bonds. The molecule has 0 heterocycles. The molecular weight excluding hydrogens is 428 g/mol. The molecule has 0 aliphatic heterocycles. The van der Waals surface area contributed by atoms with E-state index in [0.717, 1.165) is 0 Å². The number of carboxylic acid groups (broad SMARTS) is 5. The monoisotopic (exact) mass is 438 g/mol. The quantitative estimate of drug-likeness (QED) is 0.258. The molecule has 0 aliphatic carbocycles. The van der Waals surface area contributed by atoms with Crippen LogP contribution in [0.1, 0.15) is 19.3 Å². The van der Waals surface area contributed by atoms with Crippen LogP contribution in [0.4, 0.5) is 0 Å². The normalized spacial score (nSPS) is 12.1. The van der Waals surface area contributed by atoms with Crippen molar-refractivity contribution in [3.05, 3.63) is 0 Å². The van der Waals surface area contributed by atoms with E-state index in [0.29, 0.717) is 0 Å². The van der Waals surface area contributed by atoms with Crippen LogP contribution in [-0.4, -0.2) is 137 Å². The third-order valence-corrected chi connectivity index (χ3v) is 1.91. The smallest absolute Gasteiger partial charge is 1.00 e. The van der Waals surface area contributed by atoms with E-state index in [1.807, 2.05) is 0 Å². The number of aliphatic carboxylic acids is 5. The standard InChI is InChI=1S/C6H8O7.C4H6O5.2Ca.ClH/c7-3(8)1-6(13,5(11)12)2-4(9)10;5-2(4(8)9)1-3(6)7;;;/h13H,1-2H2,(H,7,8)(H,9,10)(H,11,12);2,5H,1H2,(H,6,7)(H,8,9);;;1H/q;;2*+2;/p-4. The maximum atomic E-state index is 10.3. The first-order valence-corrected chi connectivity index (χ1v) is 5.28. The number of carbonyl (C=O) groups is 5. The van der Waals surface area contributed by atoms with Crippen molar-refractivity contribution in [3.63, 3.8) is 0 Å². The van der Waals surface area contributed by atoms with Crippen LogP contribution in [0.25, 0.3) is 0 Å². The van der Waals surface area contributed by atoms with Gasteiger partial charge >= 0.3 is 87.4 Å². The topological polar surface area (TPSA) is 235 Å². The van der Waals surface area contributed by atoms with Crippen LogP contribution >= 0.6 is 0 Å². The molecule has 0 saturated carbocycles. The number of halogens is 1. The summed E-state index contributed by atoms with van der Waals surface area (Å²) in [6, 6.07) is 0. The Kier molecular flexibility index (Phi) is 25.2. The molecule has 0 aliphatic rings. The molecule has 134 valence electrons. The van der Waals surface area contributed by atoms with Gasteiger partial charge in [-0.2, -0.15) is 0 Å². The average molecular weight is 439 g/mol. The Hall–Kier alpha value is 0.0795. The Morgan fingerprint density at radius 1 is 0.880 bits per heavy atom. The Morgan fingerprint density at radius 3 is 1.44 bits per heavy atom. The average Bonchev–Trinajstić information content (AvgIpc) is 2.25. The maximum absolute atomic E-state index is 10.3. The van der Waals surface area contributed by atoms with E-state index >= 15 is 0 Å². The summed E-state index contributed by atoms with van der Waals surface area (Å²) >= 11 is 0. The fourth-order valence-electron chi connectivity index (χ4n) is 0.944. The van der Waals surface area contributed by atoms with Gasteiger partial charge in [-0.25, -0.2) is 4.79 Å². The minimum atomic E-state index is -2.80. The Balaban J connectivity index is -0.0000001000. The number of aliphatic hydroxyl groups is 2. The van der Waals surface area contributed by atoms with E-state index in [4.69, 9.17) is 20.4 Å². The molecule has 0 saturated heterocycles. The predicted octanol–water partition coefficient (Wildman–Crippen LogP) is -10.1.